The standard InChI is InChI=1S/C21H16ClN3O3S2/c1-11-16-19(24-15-3-2-8-25(15)20(16)26)30-17(11)21(27)28-9-14-10-29-18(23-14)12-4-6-13(22)7-5-12/h4-7,10H,2-3,8-9H2,1H3. The van der Waals surface area contributed by atoms with E-state index in [0.717, 1.165) is 29.2 Å². The Bertz CT molecular complexity index is 1340. The molecule has 0 amide bonds. The first-order valence-electron chi connectivity index (χ1n) is 9.41. The summed E-state index contributed by atoms with van der Waals surface area (Å²) in [5, 5.41) is 3.90. The van der Waals surface area contributed by atoms with Gasteiger partial charge in [0, 0.05) is 28.9 Å². The molecule has 1 aliphatic rings. The van der Waals surface area contributed by atoms with Crippen LogP contribution >= 0.6 is 34.3 Å². The van der Waals surface area contributed by atoms with Gasteiger partial charge in [-0.3, -0.25) is 9.36 Å². The molecule has 3 aromatic heterocycles. The van der Waals surface area contributed by atoms with Gasteiger partial charge < -0.3 is 4.74 Å². The molecule has 5 rings (SSSR count). The van der Waals surface area contributed by atoms with E-state index >= 15 is 0 Å². The number of nitrogens with zero attached hydrogens (tertiary/aromatic N) is 3. The topological polar surface area (TPSA) is 74.1 Å². The Kier molecular flexibility index (Phi) is 4.92. The fourth-order valence-electron chi connectivity index (χ4n) is 3.57. The molecule has 9 heteroatoms. The molecule has 0 aliphatic carbocycles. The summed E-state index contributed by atoms with van der Waals surface area (Å²) >= 11 is 8.63. The SMILES string of the molecule is Cc1c(C(=O)OCc2csc(-c3ccc(Cl)cc3)n2)sc2nc3n(c(=O)c12)CCC3. The van der Waals surface area contributed by atoms with Crippen LogP contribution in [0.3, 0.4) is 0 Å². The van der Waals surface area contributed by atoms with E-state index in [9.17, 15) is 9.59 Å². The fourth-order valence-corrected chi connectivity index (χ4v) is 5.59. The van der Waals surface area contributed by atoms with Crippen LogP contribution in [0.2, 0.25) is 5.02 Å². The zero-order chi connectivity index (χ0) is 20.8. The molecule has 6 nitrogen and oxygen atoms in total. The van der Waals surface area contributed by atoms with Crippen LogP contribution in [0.5, 0.6) is 0 Å². The molecule has 0 bridgehead atoms. The molecule has 0 N–H and O–H groups in total. The summed E-state index contributed by atoms with van der Waals surface area (Å²) in [4.78, 5) is 35.6. The summed E-state index contributed by atoms with van der Waals surface area (Å²) in [5.41, 5.74) is 2.21. The molecule has 4 aromatic rings. The summed E-state index contributed by atoms with van der Waals surface area (Å²) in [6, 6.07) is 7.43. The molecule has 0 unspecified atom stereocenters. The Morgan fingerprint density at radius 2 is 2.07 bits per heavy atom. The Morgan fingerprint density at radius 1 is 1.27 bits per heavy atom. The van der Waals surface area contributed by atoms with Crippen LogP contribution in [0.15, 0.2) is 34.4 Å². The van der Waals surface area contributed by atoms with E-state index < -0.39 is 5.97 Å². The highest BCUT2D eigenvalue weighted by Gasteiger charge is 2.24. The van der Waals surface area contributed by atoms with Crippen LogP contribution in [0, 0.1) is 6.92 Å². The van der Waals surface area contributed by atoms with Gasteiger partial charge in [0.1, 0.15) is 27.1 Å². The fraction of sp³-hybridized carbons (Fsp3) is 0.238. The largest absolute Gasteiger partial charge is 0.455 e. The van der Waals surface area contributed by atoms with Gasteiger partial charge in [0.15, 0.2) is 0 Å². The van der Waals surface area contributed by atoms with Crippen molar-refractivity contribution in [3.63, 3.8) is 0 Å². The predicted octanol–water partition coefficient (Wildman–Crippen LogP) is 4.85. The monoisotopic (exact) mass is 457 g/mol. The average Bonchev–Trinajstić information content (AvgIpc) is 3.46. The van der Waals surface area contributed by atoms with Gasteiger partial charge in [0.05, 0.1) is 11.1 Å². The number of rotatable bonds is 4. The number of aromatic nitrogens is 3. The number of halogens is 1. The molecule has 1 aliphatic heterocycles. The summed E-state index contributed by atoms with van der Waals surface area (Å²) in [6.07, 6.45) is 1.72. The maximum absolute atomic E-state index is 12.8. The predicted molar refractivity (Wildman–Crippen MR) is 119 cm³/mol. The van der Waals surface area contributed by atoms with Crippen molar-refractivity contribution in [3.05, 3.63) is 67.0 Å². The Morgan fingerprint density at radius 3 is 2.87 bits per heavy atom. The third kappa shape index (κ3) is 3.34. The van der Waals surface area contributed by atoms with E-state index in [1.807, 2.05) is 29.6 Å². The van der Waals surface area contributed by atoms with Crippen LogP contribution in [-0.2, 0) is 24.3 Å². The number of hydrogen-bond donors (Lipinski definition) is 0. The van der Waals surface area contributed by atoms with Crippen LogP contribution < -0.4 is 5.56 Å². The number of fused-ring (bicyclic) bond motifs is 2. The second kappa shape index (κ2) is 7.61. The minimum Gasteiger partial charge on any atom is -0.455 e. The number of carbonyl (C=O) groups excluding carboxylic acids is 1. The molecule has 0 spiro atoms. The van der Waals surface area contributed by atoms with Crippen molar-refractivity contribution < 1.29 is 9.53 Å². The number of thiazole rings is 1. The smallest absolute Gasteiger partial charge is 0.349 e. The first-order valence-corrected chi connectivity index (χ1v) is 11.5. The Hall–Kier alpha value is -2.55. The van der Waals surface area contributed by atoms with Crippen LogP contribution in [0.4, 0.5) is 0 Å². The van der Waals surface area contributed by atoms with Gasteiger partial charge in [-0.1, -0.05) is 23.7 Å². The lowest BCUT2D eigenvalue weighted by molar-refractivity contribution is 0.0473. The van der Waals surface area contributed by atoms with Gasteiger partial charge in [0.2, 0.25) is 0 Å². The zero-order valence-electron chi connectivity index (χ0n) is 16.0. The molecular formula is C21H16ClN3O3S2. The van der Waals surface area contributed by atoms with Crippen molar-refractivity contribution in [2.45, 2.75) is 32.9 Å². The van der Waals surface area contributed by atoms with Gasteiger partial charge >= 0.3 is 5.97 Å². The summed E-state index contributed by atoms with van der Waals surface area (Å²) in [7, 11) is 0. The number of ether oxygens (including phenoxy) is 1. The van der Waals surface area contributed by atoms with Crippen molar-refractivity contribution in [1.29, 1.82) is 0 Å². The Balaban J connectivity index is 1.36. The Labute approximate surface area is 184 Å². The van der Waals surface area contributed by atoms with Gasteiger partial charge in [-0.05, 0) is 31.0 Å². The maximum Gasteiger partial charge on any atom is 0.349 e. The first kappa shape index (κ1) is 19.4. The third-order valence-corrected chi connectivity index (χ3v) is 7.45. The highest BCUT2D eigenvalue weighted by molar-refractivity contribution is 7.20. The van der Waals surface area contributed by atoms with Crippen LogP contribution in [0.25, 0.3) is 20.8 Å². The first-order chi connectivity index (χ1) is 14.5. The molecule has 4 heterocycles. The second-order valence-electron chi connectivity index (χ2n) is 7.05. The molecular weight excluding hydrogens is 442 g/mol. The lowest BCUT2D eigenvalue weighted by Gasteiger charge is -2.02. The van der Waals surface area contributed by atoms with E-state index in [1.165, 1.54) is 22.7 Å². The quantitative estimate of drug-likeness (QED) is 0.410. The van der Waals surface area contributed by atoms with Gasteiger partial charge in [0.25, 0.3) is 5.56 Å². The molecule has 0 radical (unpaired) electrons. The minimum atomic E-state index is -0.457. The lowest BCUT2D eigenvalue weighted by atomic mass is 10.2. The molecule has 152 valence electrons. The van der Waals surface area contributed by atoms with Gasteiger partial charge in [-0.15, -0.1) is 22.7 Å². The maximum atomic E-state index is 12.8. The van der Waals surface area contributed by atoms with Crippen molar-refractivity contribution in [2.75, 3.05) is 0 Å². The normalized spacial score (nSPS) is 13.0. The van der Waals surface area contributed by atoms with E-state index in [4.69, 9.17) is 16.3 Å². The minimum absolute atomic E-state index is 0.0626. The molecule has 30 heavy (non-hydrogen) atoms. The lowest BCUT2D eigenvalue weighted by Crippen LogP contribution is -2.20. The second-order valence-corrected chi connectivity index (χ2v) is 9.35. The molecule has 0 saturated carbocycles. The average molecular weight is 458 g/mol. The number of aryl methyl sites for hydroxylation is 2. The number of carbonyl (C=O) groups is 1. The molecule has 1 aromatic carbocycles. The van der Waals surface area contributed by atoms with E-state index in [-0.39, 0.29) is 12.2 Å². The number of thiophene rings is 1. The van der Waals surface area contributed by atoms with E-state index in [1.54, 1.807) is 11.5 Å². The molecule has 0 atom stereocenters. The van der Waals surface area contributed by atoms with Gasteiger partial charge in [-0.25, -0.2) is 14.8 Å². The molecule has 0 fully saturated rings. The van der Waals surface area contributed by atoms with E-state index in [0.29, 0.717) is 37.9 Å². The van der Waals surface area contributed by atoms with Crippen LogP contribution in [0.1, 0.15) is 33.2 Å². The third-order valence-electron chi connectivity index (χ3n) is 5.09. The van der Waals surface area contributed by atoms with Crippen LogP contribution in [-0.4, -0.2) is 20.5 Å². The number of esters is 1. The van der Waals surface area contributed by atoms with Crippen molar-refractivity contribution in [2.24, 2.45) is 0 Å². The van der Waals surface area contributed by atoms with Crippen molar-refractivity contribution in [3.8, 4) is 10.6 Å². The summed E-state index contributed by atoms with van der Waals surface area (Å²) < 4.78 is 7.20. The molecule has 0 saturated heterocycles. The highest BCUT2D eigenvalue weighted by atomic mass is 35.5. The van der Waals surface area contributed by atoms with Crippen molar-refractivity contribution in [1.82, 2.24) is 14.5 Å². The summed E-state index contributed by atoms with van der Waals surface area (Å²) in [5.74, 6) is 0.340. The number of hydrogen-bond acceptors (Lipinski definition) is 7. The van der Waals surface area contributed by atoms with Gasteiger partial charge in [-0.2, -0.15) is 0 Å². The number of benzene rings is 1. The zero-order valence-corrected chi connectivity index (χ0v) is 18.4. The van der Waals surface area contributed by atoms with Crippen molar-refractivity contribution >= 4 is 50.5 Å². The summed E-state index contributed by atoms with van der Waals surface area (Å²) in [6.45, 7) is 2.54. The highest BCUT2D eigenvalue weighted by Crippen LogP contribution is 2.30. The van der Waals surface area contributed by atoms with E-state index in [2.05, 4.69) is 9.97 Å².